The van der Waals surface area contributed by atoms with Crippen molar-refractivity contribution in [1.82, 2.24) is 9.97 Å². The normalized spacial score (nSPS) is 27.4. The van der Waals surface area contributed by atoms with Crippen LogP contribution >= 0.6 is 0 Å². The molecule has 8 nitrogen and oxygen atoms in total. The number of nitrogens with zero attached hydrogens (tertiary/aromatic N) is 3. The Labute approximate surface area is 222 Å². The second kappa shape index (κ2) is 11.4. The minimum Gasteiger partial charge on any atom is -1.00 e. The summed E-state index contributed by atoms with van der Waals surface area (Å²) in [5.41, 5.74) is -1.02. The highest BCUT2D eigenvalue weighted by Crippen LogP contribution is 2.42. The Morgan fingerprint density at radius 3 is 2.44 bits per heavy atom. The summed E-state index contributed by atoms with van der Waals surface area (Å²) in [4.78, 5) is 34.6. The Balaban J connectivity index is 0.00000304. The maximum atomic E-state index is 13.7. The quantitative estimate of drug-likeness (QED) is 0.367. The van der Waals surface area contributed by atoms with E-state index in [0.29, 0.717) is 29.0 Å². The lowest BCUT2D eigenvalue weighted by molar-refractivity contribution is -0.939. The molecular formula is C27H35BrN4O4. The van der Waals surface area contributed by atoms with Crippen LogP contribution in [0.1, 0.15) is 50.5 Å². The van der Waals surface area contributed by atoms with E-state index in [4.69, 9.17) is 4.74 Å². The van der Waals surface area contributed by atoms with Crippen molar-refractivity contribution in [3.63, 3.8) is 0 Å². The number of carbonyl (C=O) groups is 2. The number of ether oxygens (including phenoxy) is 1. The molecule has 1 amide bonds. The highest BCUT2D eigenvalue weighted by Gasteiger charge is 2.52. The summed E-state index contributed by atoms with van der Waals surface area (Å²) < 4.78 is 6.76. The Hall–Kier alpha value is -2.36. The zero-order chi connectivity index (χ0) is 24.3. The van der Waals surface area contributed by atoms with Crippen molar-refractivity contribution < 1.29 is 40.9 Å². The molecular weight excluding hydrogens is 524 g/mol. The highest BCUT2D eigenvalue weighted by molar-refractivity contribution is 5.90. The van der Waals surface area contributed by atoms with E-state index in [1.165, 1.54) is 6.20 Å². The fourth-order valence-electron chi connectivity index (χ4n) is 6.39. The lowest BCUT2D eigenvalue weighted by atomic mass is 9.73. The van der Waals surface area contributed by atoms with E-state index in [0.717, 1.165) is 58.0 Å². The molecule has 3 saturated heterocycles. The molecule has 2 N–H and O–H groups in total. The summed E-state index contributed by atoms with van der Waals surface area (Å²) in [6.45, 7) is 2.68. The summed E-state index contributed by atoms with van der Waals surface area (Å²) in [6.07, 6.45) is 11.0. The van der Waals surface area contributed by atoms with Crippen LogP contribution in [0.25, 0.3) is 0 Å². The van der Waals surface area contributed by atoms with Crippen LogP contribution in [-0.2, 0) is 19.9 Å². The van der Waals surface area contributed by atoms with Gasteiger partial charge in [-0.2, -0.15) is 0 Å². The van der Waals surface area contributed by atoms with Crippen LogP contribution in [0.5, 0.6) is 0 Å². The fourth-order valence-corrected chi connectivity index (χ4v) is 6.39. The molecule has 194 valence electrons. The number of amides is 1. The smallest absolute Gasteiger partial charge is 0.343 e. The monoisotopic (exact) mass is 558 g/mol. The predicted octanol–water partition coefficient (Wildman–Crippen LogP) is 0.0394. The molecule has 0 spiro atoms. The maximum absolute atomic E-state index is 13.7. The van der Waals surface area contributed by atoms with Crippen LogP contribution in [0.2, 0.25) is 0 Å². The van der Waals surface area contributed by atoms with Crippen LogP contribution in [-0.4, -0.2) is 63.7 Å². The molecule has 1 aromatic carbocycles. The minimum atomic E-state index is -1.64. The molecule has 1 saturated carbocycles. The average molecular weight is 560 g/mol. The second-order valence-electron chi connectivity index (χ2n) is 10.5. The summed E-state index contributed by atoms with van der Waals surface area (Å²) >= 11 is 0. The van der Waals surface area contributed by atoms with E-state index in [9.17, 15) is 14.7 Å². The van der Waals surface area contributed by atoms with Crippen LogP contribution in [0, 0.1) is 11.8 Å². The molecule has 3 aliphatic heterocycles. The molecule has 9 heteroatoms. The van der Waals surface area contributed by atoms with Crippen LogP contribution < -0.4 is 22.3 Å². The molecule has 4 fully saturated rings. The number of hydrogen-bond acceptors (Lipinski definition) is 6. The number of anilines is 1. The third kappa shape index (κ3) is 5.48. The number of aromatic nitrogens is 2. The van der Waals surface area contributed by atoms with Gasteiger partial charge >= 0.3 is 5.97 Å². The molecule has 0 radical (unpaired) electrons. The van der Waals surface area contributed by atoms with Gasteiger partial charge in [0.2, 0.25) is 0 Å². The van der Waals surface area contributed by atoms with Gasteiger partial charge in [-0.1, -0.05) is 49.6 Å². The lowest BCUT2D eigenvalue weighted by Crippen LogP contribution is -3.00. The summed E-state index contributed by atoms with van der Waals surface area (Å²) in [5, 5.41) is 14.7. The first kappa shape index (κ1) is 26.7. The molecule has 1 unspecified atom stereocenters. The Kier molecular flexibility index (Phi) is 8.42. The van der Waals surface area contributed by atoms with Crippen molar-refractivity contribution in [2.24, 2.45) is 11.8 Å². The topological polar surface area (TPSA) is 101 Å². The van der Waals surface area contributed by atoms with Crippen molar-refractivity contribution in [1.29, 1.82) is 0 Å². The van der Waals surface area contributed by atoms with E-state index in [2.05, 4.69) is 15.3 Å². The number of rotatable bonds is 7. The molecule has 1 aromatic heterocycles. The third-order valence-electron chi connectivity index (χ3n) is 8.33. The molecule has 2 bridgehead atoms. The van der Waals surface area contributed by atoms with Crippen molar-refractivity contribution >= 4 is 17.7 Å². The van der Waals surface area contributed by atoms with Gasteiger partial charge in [-0.25, -0.2) is 9.78 Å². The first-order valence-electron chi connectivity index (χ1n) is 12.9. The molecule has 2 aromatic rings. The van der Waals surface area contributed by atoms with Crippen LogP contribution in [0.15, 0.2) is 48.9 Å². The number of benzene rings is 1. The van der Waals surface area contributed by atoms with Gasteiger partial charge in [0.05, 0.1) is 19.3 Å². The van der Waals surface area contributed by atoms with E-state index >= 15 is 0 Å². The molecule has 4 heterocycles. The van der Waals surface area contributed by atoms with Gasteiger partial charge < -0.3 is 36.6 Å². The van der Waals surface area contributed by atoms with Crippen molar-refractivity contribution in [2.75, 3.05) is 31.5 Å². The van der Waals surface area contributed by atoms with Crippen molar-refractivity contribution in [3.05, 3.63) is 54.5 Å². The van der Waals surface area contributed by atoms with Gasteiger partial charge in [0.25, 0.3) is 5.91 Å². The number of hydrogen-bond donors (Lipinski definition) is 2. The molecule has 6 rings (SSSR count). The molecule has 4 aliphatic rings. The van der Waals surface area contributed by atoms with Crippen LogP contribution in [0.4, 0.5) is 5.82 Å². The van der Waals surface area contributed by atoms with Crippen molar-refractivity contribution in [3.8, 4) is 0 Å². The number of halogens is 1. The number of piperidine rings is 3. The SMILES string of the molecule is O=C(C[N+]12CCC(CC1)C(OC(=O)[C@](O)(c1ccccc1)C1CCCCC1)C2)Nc1cnccn1.[Br-]. The van der Waals surface area contributed by atoms with Gasteiger partial charge in [0.15, 0.2) is 24.1 Å². The summed E-state index contributed by atoms with van der Waals surface area (Å²) in [6, 6.07) is 9.28. The Bertz CT molecular complexity index is 1030. The number of quaternary nitrogens is 1. The first-order chi connectivity index (χ1) is 17.0. The van der Waals surface area contributed by atoms with Gasteiger partial charge in [-0.05, 0) is 18.4 Å². The van der Waals surface area contributed by atoms with Gasteiger partial charge in [0, 0.05) is 37.1 Å². The molecule has 1 aliphatic carbocycles. The van der Waals surface area contributed by atoms with Gasteiger partial charge in [-0.3, -0.25) is 9.78 Å². The third-order valence-corrected chi connectivity index (χ3v) is 8.33. The number of fused-ring (bicyclic) bond motifs is 3. The summed E-state index contributed by atoms with van der Waals surface area (Å²) in [7, 11) is 0. The second-order valence-corrected chi connectivity index (χ2v) is 10.5. The zero-order valence-corrected chi connectivity index (χ0v) is 22.1. The first-order valence-corrected chi connectivity index (χ1v) is 12.9. The number of nitrogens with one attached hydrogen (secondary N) is 1. The Morgan fingerprint density at radius 2 is 1.78 bits per heavy atom. The average Bonchev–Trinajstić information content (AvgIpc) is 2.90. The van der Waals surface area contributed by atoms with Crippen molar-refractivity contribution in [2.45, 2.75) is 56.7 Å². The van der Waals surface area contributed by atoms with E-state index in [-0.39, 0.29) is 40.8 Å². The van der Waals surface area contributed by atoms with Crippen LogP contribution in [0.3, 0.4) is 0 Å². The fraction of sp³-hybridized carbons (Fsp3) is 0.556. The Morgan fingerprint density at radius 1 is 1.06 bits per heavy atom. The largest absolute Gasteiger partial charge is 1.00 e. The standard InChI is InChI=1S/C27H34N4O4.BrH/c32-25(30-24-17-28-13-14-29-24)19-31-15-11-20(12-16-31)23(18-31)35-26(33)27(34,21-7-3-1-4-8-21)22-9-5-2-6-10-22;/h1,3-4,7-8,13-14,17,20,22-23,34H,2,5-6,9-12,15-16,18-19H2;1H/t20?,23?,27-,31?;/m0./s1. The van der Waals surface area contributed by atoms with E-state index < -0.39 is 11.6 Å². The predicted molar refractivity (Wildman–Crippen MR) is 130 cm³/mol. The number of aliphatic hydroxyl groups is 1. The molecule has 36 heavy (non-hydrogen) atoms. The van der Waals surface area contributed by atoms with Gasteiger partial charge in [0.1, 0.15) is 6.54 Å². The van der Waals surface area contributed by atoms with E-state index in [1.807, 2.05) is 30.3 Å². The number of carbonyl (C=O) groups excluding carboxylic acids is 2. The highest BCUT2D eigenvalue weighted by atomic mass is 79.9. The van der Waals surface area contributed by atoms with Gasteiger partial charge in [-0.15, -0.1) is 0 Å². The minimum absolute atomic E-state index is 0. The number of esters is 1. The van der Waals surface area contributed by atoms with E-state index in [1.54, 1.807) is 12.4 Å². The lowest BCUT2D eigenvalue weighted by Gasteiger charge is -2.52. The zero-order valence-electron chi connectivity index (χ0n) is 20.5. The maximum Gasteiger partial charge on any atom is 0.343 e. The summed E-state index contributed by atoms with van der Waals surface area (Å²) in [5.74, 6) is -0.0806. The molecule has 2 atom stereocenters.